The van der Waals surface area contributed by atoms with Crippen molar-refractivity contribution < 1.29 is 4.74 Å². The smallest absolute Gasteiger partial charge is 0.143 e. The monoisotopic (exact) mass is 246 g/mol. The number of hydrogen-bond acceptors (Lipinski definition) is 3. The number of hydrogen-bond donors (Lipinski definition) is 1. The number of para-hydroxylation sites is 1. The number of nitrogens with one attached hydrogen (secondary N) is 1. The number of likely N-dealkylation sites (tertiary alicyclic amines) is 1. The Labute approximate surface area is 109 Å². The lowest BCUT2D eigenvalue weighted by Crippen LogP contribution is -2.48. The van der Waals surface area contributed by atoms with Crippen molar-refractivity contribution in [1.82, 2.24) is 4.90 Å². The molecule has 0 saturated carbocycles. The third kappa shape index (κ3) is 2.19. The first-order chi connectivity index (χ1) is 8.66. The first kappa shape index (κ1) is 11.8. The Morgan fingerprint density at radius 3 is 3.11 bits per heavy atom. The molecule has 1 atom stereocenters. The minimum Gasteiger partial charge on any atom is -0.484 e. The molecule has 18 heavy (non-hydrogen) atoms. The standard InChI is InChI=1S/C15H22N2O/c1-15(8-4-10-17(2)11-15)18-13-6-3-5-12-7-9-16-14(12)13/h3,5-6,16H,4,7-11H2,1-2H3. The van der Waals surface area contributed by atoms with Gasteiger partial charge in [0, 0.05) is 13.1 Å². The van der Waals surface area contributed by atoms with Gasteiger partial charge in [0.2, 0.25) is 0 Å². The molecule has 0 spiro atoms. The van der Waals surface area contributed by atoms with Gasteiger partial charge in [0.1, 0.15) is 11.4 Å². The molecule has 1 aromatic rings. The van der Waals surface area contributed by atoms with Crippen LogP contribution in [0.1, 0.15) is 25.3 Å². The Hall–Kier alpha value is -1.22. The molecule has 0 radical (unpaired) electrons. The Bertz CT molecular complexity index is 446. The summed E-state index contributed by atoms with van der Waals surface area (Å²) in [6.07, 6.45) is 3.47. The highest BCUT2D eigenvalue weighted by atomic mass is 16.5. The zero-order valence-corrected chi connectivity index (χ0v) is 11.3. The van der Waals surface area contributed by atoms with E-state index in [-0.39, 0.29) is 5.60 Å². The minimum absolute atomic E-state index is 0.0492. The van der Waals surface area contributed by atoms with Gasteiger partial charge in [-0.25, -0.2) is 0 Å². The normalized spacial score (nSPS) is 27.7. The van der Waals surface area contributed by atoms with Crippen LogP contribution in [0.15, 0.2) is 18.2 Å². The van der Waals surface area contributed by atoms with E-state index in [1.807, 2.05) is 0 Å². The molecule has 3 heteroatoms. The summed E-state index contributed by atoms with van der Waals surface area (Å²) in [5.41, 5.74) is 2.55. The molecule has 1 N–H and O–H groups in total. The van der Waals surface area contributed by atoms with Crippen molar-refractivity contribution in [2.75, 3.05) is 32.0 Å². The molecular weight excluding hydrogens is 224 g/mol. The lowest BCUT2D eigenvalue weighted by molar-refractivity contribution is 0.0161. The molecule has 3 nitrogen and oxygen atoms in total. The minimum atomic E-state index is -0.0492. The van der Waals surface area contributed by atoms with Gasteiger partial charge >= 0.3 is 0 Å². The fourth-order valence-corrected chi connectivity index (χ4v) is 3.19. The molecule has 1 fully saturated rings. The highest BCUT2D eigenvalue weighted by Gasteiger charge is 2.32. The molecule has 1 aromatic carbocycles. The Morgan fingerprint density at radius 1 is 1.39 bits per heavy atom. The van der Waals surface area contributed by atoms with Gasteiger partial charge in [-0.05, 0) is 51.4 Å². The number of likely N-dealkylation sites (N-methyl/N-ethyl adjacent to an activating group) is 1. The van der Waals surface area contributed by atoms with Crippen molar-refractivity contribution >= 4 is 5.69 Å². The van der Waals surface area contributed by atoms with Crippen molar-refractivity contribution in [2.45, 2.75) is 31.8 Å². The van der Waals surface area contributed by atoms with Crippen LogP contribution in [-0.4, -0.2) is 37.2 Å². The predicted molar refractivity (Wildman–Crippen MR) is 74.4 cm³/mol. The van der Waals surface area contributed by atoms with Crippen molar-refractivity contribution in [3.63, 3.8) is 0 Å². The van der Waals surface area contributed by atoms with Gasteiger partial charge < -0.3 is 15.0 Å². The lowest BCUT2D eigenvalue weighted by Gasteiger charge is -2.39. The van der Waals surface area contributed by atoms with Crippen LogP contribution in [0.25, 0.3) is 0 Å². The van der Waals surface area contributed by atoms with E-state index in [0.29, 0.717) is 0 Å². The SMILES string of the molecule is CN1CCCC(C)(Oc2cccc3c2NCC3)C1. The second-order valence-electron chi connectivity index (χ2n) is 5.86. The molecule has 0 aliphatic carbocycles. The zero-order valence-electron chi connectivity index (χ0n) is 11.3. The summed E-state index contributed by atoms with van der Waals surface area (Å²) >= 11 is 0. The molecule has 0 bridgehead atoms. The number of rotatable bonds is 2. The summed E-state index contributed by atoms with van der Waals surface area (Å²) < 4.78 is 6.35. The summed E-state index contributed by atoms with van der Waals surface area (Å²) in [7, 11) is 2.18. The van der Waals surface area contributed by atoms with Crippen LogP contribution < -0.4 is 10.1 Å². The summed E-state index contributed by atoms with van der Waals surface area (Å²) in [6.45, 7) is 5.46. The van der Waals surface area contributed by atoms with Crippen LogP contribution in [0.4, 0.5) is 5.69 Å². The summed E-state index contributed by atoms with van der Waals surface area (Å²) in [5.74, 6) is 1.03. The van der Waals surface area contributed by atoms with Crippen LogP contribution in [-0.2, 0) is 6.42 Å². The molecule has 2 aliphatic heterocycles. The van der Waals surface area contributed by atoms with Crippen molar-refractivity contribution in [3.05, 3.63) is 23.8 Å². The lowest BCUT2D eigenvalue weighted by atomic mass is 9.95. The van der Waals surface area contributed by atoms with E-state index in [1.54, 1.807) is 0 Å². The Kier molecular flexibility index (Phi) is 2.94. The first-order valence-electron chi connectivity index (χ1n) is 6.90. The number of fused-ring (bicyclic) bond motifs is 1. The van der Waals surface area contributed by atoms with Crippen LogP contribution in [0.5, 0.6) is 5.75 Å². The van der Waals surface area contributed by atoms with Crippen molar-refractivity contribution in [3.8, 4) is 5.75 Å². The van der Waals surface area contributed by atoms with Gasteiger partial charge in [0.05, 0.1) is 5.69 Å². The second-order valence-corrected chi connectivity index (χ2v) is 5.86. The summed E-state index contributed by atoms with van der Waals surface area (Å²) in [5, 5.41) is 3.45. The Morgan fingerprint density at radius 2 is 2.28 bits per heavy atom. The first-order valence-corrected chi connectivity index (χ1v) is 6.90. The predicted octanol–water partition coefficient (Wildman–Crippen LogP) is 2.52. The van der Waals surface area contributed by atoms with E-state index >= 15 is 0 Å². The van der Waals surface area contributed by atoms with E-state index in [2.05, 4.69) is 42.4 Å². The zero-order chi connectivity index (χ0) is 12.6. The molecule has 2 heterocycles. The highest BCUT2D eigenvalue weighted by molar-refractivity contribution is 5.65. The topological polar surface area (TPSA) is 24.5 Å². The molecule has 0 amide bonds. The molecule has 2 aliphatic rings. The van der Waals surface area contributed by atoms with Crippen LogP contribution in [0, 0.1) is 0 Å². The molecule has 1 saturated heterocycles. The molecule has 1 unspecified atom stereocenters. The van der Waals surface area contributed by atoms with E-state index < -0.39 is 0 Å². The average Bonchev–Trinajstić information content (AvgIpc) is 2.77. The van der Waals surface area contributed by atoms with E-state index in [1.165, 1.54) is 24.2 Å². The number of piperidine rings is 1. The largest absolute Gasteiger partial charge is 0.484 e. The molecular formula is C15H22N2O. The van der Waals surface area contributed by atoms with E-state index in [0.717, 1.165) is 31.7 Å². The van der Waals surface area contributed by atoms with Gasteiger partial charge in [0.25, 0.3) is 0 Å². The summed E-state index contributed by atoms with van der Waals surface area (Å²) in [6, 6.07) is 6.39. The maximum atomic E-state index is 6.35. The van der Waals surface area contributed by atoms with Gasteiger partial charge in [-0.15, -0.1) is 0 Å². The average molecular weight is 246 g/mol. The van der Waals surface area contributed by atoms with Crippen LogP contribution in [0.3, 0.4) is 0 Å². The molecule has 0 aromatic heterocycles. The number of nitrogens with zero attached hydrogens (tertiary/aromatic N) is 1. The Balaban J connectivity index is 1.82. The molecule has 98 valence electrons. The third-order valence-electron chi connectivity index (χ3n) is 4.01. The highest BCUT2D eigenvalue weighted by Crippen LogP contribution is 2.36. The van der Waals surface area contributed by atoms with Crippen molar-refractivity contribution in [1.29, 1.82) is 0 Å². The van der Waals surface area contributed by atoms with E-state index in [9.17, 15) is 0 Å². The van der Waals surface area contributed by atoms with Crippen LogP contribution >= 0.6 is 0 Å². The maximum absolute atomic E-state index is 6.35. The van der Waals surface area contributed by atoms with Gasteiger partial charge in [-0.1, -0.05) is 12.1 Å². The maximum Gasteiger partial charge on any atom is 0.143 e. The fourth-order valence-electron chi connectivity index (χ4n) is 3.19. The van der Waals surface area contributed by atoms with Gasteiger partial charge in [-0.2, -0.15) is 0 Å². The number of benzene rings is 1. The van der Waals surface area contributed by atoms with Crippen molar-refractivity contribution in [2.24, 2.45) is 0 Å². The number of anilines is 1. The van der Waals surface area contributed by atoms with Gasteiger partial charge in [-0.3, -0.25) is 0 Å². The van der Waals surface area contributed by atoms with E-state index in [4.69, 9.17) is 4.74 Å². The quantitative estimate of drug-likeness (QED) is 0.868. The van der Waals surface area contributed by atoms with Gasteiger partial charge in [0.15, 0.2) is 0 Å². The fraction of sp³-hybridized carbons (Fsp3) is 0.600. The third-order valence-corrected chi connectivity index (χ3v) is 4.01. The summed E-state index contributed by atoms with van der Waals surface area (Å²) in [4.78, 5) is 2.36. The van der Waals surface area contributed by atoms with Crippen LogP contribution in [0.2, 0.25) is 0 Å². The molecule has 3 rings (SSSR count). The number of ether oxygens (including phenoxy) is 1. The second kappa shape index (κ2) is 4.47.